The minimum atomic E-state index is -0.807. The van der Waals surface area contributed by atoms with Crippen molar-refractivity contribution in [1.82, 2.24) is 9.78 Å². The molecule has 1 saturated carbocycles. The number of hydrogen-bond donors (Lipinski definition) is 1. The van der Waals surface area contributed by atoms with Gasteiger partial charge in [0.2, 0.25) is 5.78 Å². The van der Waals surface area contributed by atoms with Gasteiger partial charge in [0.15, 0.2) is 5.75 Å². The molecule has 1 aromatic rings. The summed E-state index contributed by atoms with van der Waals surface area (Å²) >= 11 is 0. The van der Waals surface area contributed by atoms with Crippen LogP contribution in [0, 0.1) is 5.92 Å². The fourth-order valence-corrected chi connectivity index (χ4v) is 2.25. The lowest BCUT2D eigenvalue weighted by atomic mass is 9.89. The maximum Gasteiger partial charge on any atom is 0.204 e. The largest absolute Gasteiger partial charge is 0.493 e. The molecule has 1 aliphatic rings. The van der Waals surface area contributed by atoms with Crippen molar-refractivity contribution in [3.63, 3.8) is 0 Å². The van der Waals surface area contributed by atoms with Crippen molar-refractivity contribution in [3.05, 3.63) is 11.9 Å². The van der Waals surface area contributed by atoms with Crippen LogP contribution in [0.15, 0.2) is 6.20 Å². The molecular formula is C13H21N3O2. The highest BCUT2D eigenvalue weighted by Gasteiger charge is 2.46. The van der Waals surface area contributed by atoms with Gasteiger partial charge in [0, 0.05) is 6.54 Å². The summed E-state index contributed by atoms with van der Waals surface area (Å²) in [5.41, 5.74) is 5.90. The Morgan fingerprint density at radius 3 is 2.83 bits per heavy atom. The number of Topliss-reactive ketones (excluding diaryl/α,β-unsaturated/α-hetero) is 1. The van der Waals surface area contributed by atoms with Gasteiger partial charge in [-0.25, -0.2) is 0 Å². The second-order valence-electron chi connectivity index (χ2n) is 5.17. The molecule has 1 aromatic heterocycles. The predicted octanol–water partition coefficient (Wildman–Crippen LogP) is 1.61. The third-order valence-electron chi connectivity index (χ3n) is 3.59. The first-order valence-electron chi connectivity index (χ1n) is 6.45. The van der Waals surface area contributed by atoms with Crippen molar-refractivity contribution < 1.29 is 9.53 Å². The van der Waals surface area contributed by atoms with Gasteiger partial charge in [-0.3, -0.25) is 9.48 Å². The van der Waals surface area contributed by atoms with Gasteiger partial charge in [-0.1, -0.05) is 6.92 Å². The molecule has 2 rings (SSSR count). The SMILES string of the molecule is CCCn1ncc(OC)c1C(=O)C(C)(N)C1CC1. The second-order valence-corrected chi connectivity index (χ2v) is 5.17. The number of nitrogens with zero attached hydrogens (tertiary/aromatic N) is 2. The Balaban J connectivity index is 2.35. The number of nitrogens with two attached hydrogens (primary N) is 1. The maximum absolute atomic E-state index is 12.6. The summed E-state index contributed by atoms with van der Waals surface area (Å²) < 4.78 is 6.93. The van der Waals surface area contributed by atoms with Crippen molar-refractivity contribution in [3.8, 4) is 5.75 Å². The number of hydrogen-bond acceptors (Lipinski definition) is 4. The Kier molecular flexibility index (Phi) is 3.43. The van der Waals surface area contributed by atoms with E-state index >= 15 is 0 Å². The molecule has 1 heterocycles. The van der Waals surface area contributed by atoms with Crippen molar-refractivity contribution in [1.29, 1.82) is 0 Å². The van der Waals surface area contributed by atoms with Crippen LogP contribution in [0.25, 0.3) is 0 Å². The van der Waals surface area contributed by atoms with Crippen molar-refractivity contribution >= 4 is 5.78 Å². The molecule has 18 heavy (non-hydrogen) atoms. The van der Waals surface area contributed by atoms with Gasteiger partial charge in [-0.2, -0.15) is 5.10 Å². The quantitative estimate of drug-likeness (QED) is 0.780. The summed E-state index contributed by atoms with van der Waals surface area (Å²) in [6, 6.07) is 0. The monoisotopic (exact) mass is 251 g/mol. The molecule has 0 saturated heterocycles. The van der Waals surface area contributed by atoms with E-state index in [1.165, 1.54) is 0 Å². The molecule has 1 unspecified atom stereocenters. The average molecular weight is 251 g/mol. The first-order chi connectivity index (χ1) is 8.52. The lowest BCUT2D eigenvalue weighted by Gasteiger charge is -2.23. The van der Waals surface area contributed by atoms with Crippen LogP contribution in [0.5, 0.6) is 5.75 Å². The molecule has 5 heteroatoms. The average Bonchev–Trinajstić information content (AvgIpc) is 3.12. The fourth-order valence-electron chi connectivity index (χ4n) is 2.25. The minimum absolute atomic E-state index is 0.0622. The molecule has 0 amide bonds. The molecule has 0 aromatic carbocycles. The third-order valence-corrected chi connectivity index (χ3v) is 3.59. The van der Waals surface area contributed by atoms with Gasteiger partial charge in [0.05, 0.1) is 18.8 Å². The summed E-state index contributed by atoms with van der Waals surface area (Å²) in [6.45, 7) is 4.56. The molecule has 1 fully saturated rings. The van der Waals surface area contributed by atoms with E-state index in [0.29, 0.717) is 23.9 Å². The first kappa shape index (κ1) is 13.1. The Hall–Kier alpha value is -1.36. The van der Waals surface area contributed by atoms with E-state index < -0.39 is 5.54 Å². The van der Waals surface area contributed by atoms with Crippen LogP contribution in [-0.4, -0.2) is 28.2 Å². The number of methoxy groups -OCH3 is 1. The maximum atomic E-state index is 12.6. The Morgan fingerprint density at radius 1 is 1.67 bits per heavy atom. The van der Waals surface area contributed by atoms with Gasteiger partial charge in [-0.05, 0) is 32.1 Å². The van der Waals surface area contributed by atoms with Gasteiger partial charge in [-0.15, -0.1) is 0 Å². The highest BCUT2D eigenvalue weighted by molar-refractivity contribution is 6.04. The zero-order valence-corrected chi connectivity index (χ0v) is 11.3. The summed E-state index contributed by atoms with van der Waals surface area (Å²) in [7, 11) is 1.55. The van der Waals surface area contributed by atoms with Gasteiger partial charge in [0.25, 0.3) is 0 Å². The summed E-state index contributed by atoms with van der Waals surface area (Å²) in [4.78, 5) is 12.6. The zero-order chi connectivity index (χ0) is 13.3. The van der Waals surface area contributed by atoms with Crippen LogP contribution in [-0.2, 0) is 6.54 Å². The Bertz CT molecular complexity index is 447. The van der Waals surface area contributed by atoms with Crippen molar-refractivity contribution in [2.24, 2.45) is 11.7 Å². The van der Waals surface area contributed by atoms with E-state index in [9.17, 15) is 4.79 Å². The number of ketones is 1. The molecule has 0 radical (unpaired) electrons. The first-order valence-corrected chi connectivity index (χ1v) is 6.45. The van der Waals surface area contributed by atoms with Gasteiger partial charge in [0.1, 0.15) is 5.69 Å². The van der Waals surface area contributed by atoms with Crippen molar-refractivity contribution in [2.75, 3.05) is 7.11 Å². The minimum Gasteiger partial charge on any atom is -0.493 e. The van der Waals surface area contributed by atoms with Gasteiger partial charge >= 0.3 is 0 Å². The van der Waals surface area contributed by atoms with Crippen molar-refractivity contribution in [2.45, 2.75) is 45.2 Å². The van der Waals surface area contributed by atoms with Crippen LogP contribution >= 0.6 is 0 Å². The van der Waals surface area contributed by atoms with Crippen LogP contribution in [0.1, 0.15) is 43.6 Å². The molecular weight excluding hydrogens is 230 g/mol. The molecule has 1 aliphatic carbocycles. The standard InChI is InChI=1S/C13H21N3O2/c1-4-7-16-11(10(18-3)8-15-16)12(17)13(2,14)9-5-6-9/h8-9H,4-7,14H2,1-3H3. The highest BCUT2D eigenvalue weighted by Crippen LogP contribution is 2.40. The summed E-state index contributed by atoms with van der Waals surface area (Å²) in [6.07, 6.45) is 4.56. The Morgan fingerprint density at radius 2 is 2.33 bits per heavy atom. The van der Waals surface area contributed by atoms with E-state index in [2.05, 4.69) is 5.10 Å². The summed E-state index contributed by atoms with van der Waals surface area (Å²) in [5.74, 6) is 0.748. The molecule has 100 valence electrons. The van der Waals surface area contributed by atoms with E-state index in [-0.39, 0.29) is 5.78 Å². The smallest absolute Gasteiger partial charge is 0.204 e. The molecule has 1 atom stereocenters. The van der Waals surface area contributed by atoms with Crippen LogP contribution in [0.3, 0.4) is 0 Å². The van der Waals surface area contributed by atoms with Crippen LogP contribution in [0.4, 0.5) is 0 Å². The van der Waals surface area contributed by atoms with E-state index in [0.717, 1.165) is 19.3 Å². The molecule has 5 nitrogen and oxygen atoms in total. The number of aromatic nitrogens is 2. The molecule has 2 N–H and O–H groups in total. The topological polar surface area (TPSA) is 70.1 Å². The predicted molar refractivity (Wildman–Crippen MR) is 68.7 cm³/mol. The fraction of sp³-hybridized carbons (Fsp3) is 0.692. The Labute approximate surface area is 107 Å². The number of ether oxygens (including phenoxy) is 1. The number of carbonyl (C=O) groups excluding carboxylic acids is 1. The van der Waals surface area contributed by atoms with Crippen LogP contribution < -0.4 is 10.5 Å². The van der Waals surface area contributed by atoms with Crippen LogP contribution in [0.2, 0.25) is 0 Å². The number of rotatable bonds is 6. The van der Waals surface area contributed by atoms with E-state index in [4.69, 9.17) is 10.5 Å². The number of aryl methyl sites for hydroxylation is 1. The lowest BCUT2D eigenvalue weighted by Crippen LogP contribution is -2.48. The van der Waals surface area contributed by atoms with E-state index in [1.807, 2.05) is 13.8 Å². The lowest BCUT2D eigenvalue weighted by molar-refractivity contribution is 0.0868. The second kappa shape index (κ2) is 4.72. The molecule has 0 bridgehead atoms. The highest BCUT2D eigenvalue weighted by atomic mass is 16.5. The normalized spacial score (nSPS) is 18.4. The zero-order valence-electron chi connectivity index (χ0n) is 11.3. The van der Waals surface area contributed by atoms with Gasteiger partial charge < -0.3 is 10.5 Å². The molecule has 0 aliphatic heterocycles. The van der Waals surface area contributed by atoms with E-state index in [1.54, 1.807) is 18.0 Å². The summed E-state index contributed by atoms with van der Waals surface area (Å²) in [5, 5.41) is 4.21. The third kappa shape index (κ3) is 2.14. The number of carbonyl (C=O) groups is 1. The molecule has 0 spiro atoms.